The molecule has 0 aromatic carbocycles. The van der Waals surface area contributed by atoms with Gasteiger partial charge in [0.15, 0.2) is 5.82 Å². The first kappa shape index (κ1) is 11.1. The van der Waals surface area contributed by atoms with Crippen LogP contribution in [0.4, 0.5) is 5.82 Å². The molecule has 0 bridgehead atoms. The van der Waals surface area contributed by atoms with Crippen molar-refractivity contribution in [3.63, 3.8) is 0 Å². The standard InChI is InChI=1S/C11H18N4O/c1-11(6-3-4-8(11)12)10(16)13-9-5-7-15(2)14-9/h5,7-8H,3-4,6,12H2,1-2H3,(H,13,14,16). The Bertz CT molecular complexity index is 400. The molecule has 1 aromatic heterocycles. The Balaban J connectivity index is 2.08. The number of hydrogen-bond acceptors (Lipinski definition) is 3. The molecule has 3 N–H and O–H groups in total. The van der Waals surface area contributed by atoms with Crippen LogP contribution in [0.5, 0.6) is 0 Å². The molecular formula is C11H18N4O. The summed E-state index contributed by atoms with van der Waals surface area (Å²) >= 11 is 0. The fourth-order valence-electron chi connectivity index (χ4n) is 2.22. The highest BCUT2D eigenvalue weighted by Crippen LogP contribution is 2.37. The molecule has 5 heteroatoms. The number of rotatable bonds is 2. The van der Waals surface area contributed by atoms with Gasteiger partial charge in [-0.15, -0.1) is 0 Å². The molecule has 1 heterocycles. The van der Waals surface area contributed by atoms with Crippen LogP contribution in [-0.2, 0) is 11.8 Å². The molecule has 2 atom stereocenters. The third kappa shape index (κ3) is 1.82. The molecular weight excluding hydrogens is 204 g/mol. The van der Waals surface area contributed by atoms with Gasteiger partial charge in [-0.25, -0.2) is 0 Å². The van der Waals surface area contributed by atoms with Crippen LogP contribution in [-0.4, -0.2) is 21.7 Å². The molecule has 1 amide bonds. The van der Waals surface area contributed by atoms with E-state index in [2.05, 4.69) is 10.4 Å². The minimum atomic E-state index is -0.447. The molecule has 0 aliphatic heterocycles. The third-order valence-corrected chi connectivity index (χ3v) is 3.50. The maximum Gasteiger partial charge on any atom is 0.233 e. The van der Waals surface area contributed by atoms with E-state index in [1.807, 2.05) is 14.0 Å². The van der Waals surface area contributed by atoms with Gasteiger partial charge in [0.1, 0.15) is 0 Å². The number of carbonyl (C=O) groups excluding carboxylic acids is 1. The fraction of sp³-hybridized carbons (Fsp3) is 0.636. The van der Waals surface area contributed by atoms with Gasteiger partial charge in [0, 0.05) is 25.4 Å². The molecule has 0 saturated heterocycles. The molecule has 88 valence electrons. The topological polar surface area (TPSA) is 72.9 Å². The summed E-state index contributed by atoms with van der Waals surface area (Å²) < 4.78 is 1.66. The van der Waals surface area contributed by atoms with Gasteiger partial charge in [-0.1, -0.05) is 6.42 Å². The van der Waals surface area contributed by atoms with Crippen LogP contribution in [0.15, 0.2) is 12.3 Å². The molecule has 2 rings (SSSR count). The Kier molecular flexibility index (Phi) is 2.71. The van der Waals surface area contributed by atoms with E-state index in [0.29, 0.717) is 5.82 Å². The van der Waals surface area contributed by atoms with Gasteiger partial charge >= 0.3 is 0 Å². The molecule has 0 spiro atoms. The first-order chi connectivity index (χ1) is 7.52. The maximum absolute atomic E-state index is 12.1. The molecule has 16 heavy (non-hydrogen) atoms. The van der Waals surface area contributed by atoms with Crippen LogP contribution in [0.25, 0.3) is 0 Å². The number of amides is 1. The lowest BCUT2D eigenvalue weighted by atomic mass is 9.84. The predicted octanol–water partition coefficient (Wildman–Crippen LogP) is 0.876. The Morgan fingerprint density at radius 3 is 3.00 bits per heavy atom. The molecule has 1 aromatic rings. The Morgan fingerprint density at radius 1 is 1.75 bits per heavy atom. The summed E-state index contributed by atoms with van der Waals surface area (Å²) in [6, 6.07) is 1.73. The number of carbonyl (C=O) groups is 1. The summed E-state index contributed by atoms with van der Waals surface area (Å²) in [6.45, 7) is 1.93. The van der Waals surface area contributed by atoms with Crippen molar-refractivity contribution in [1.29, 1.82) is 0 Å². The second kappa shape index (κ2) is 3.90. The second-order valence-corrected chi connectivity index (χ2v) is 4.74. The predicted molar refractivity (Wildman–Crippen MR) is 61.8 cm³/mol. The van der Waals surface area contributed by atoms with E-state index < -0.39 is 5.41 Å². The van der Waals surface area contributed by atoms with Crippen molar-refractivity contribution in [3.05, 3.63) is 12.3 Å². The second-order valence-electron chi connectivity index (χ2n) is 4.74. The first-order valence-corrected chi connectivity index (χ1v) is 5.59. The van der Waals surface area contributed by atoms with Crippen LogP contribution in [0.1, 0.15) is 26.2 Å². The van der Waals surface area contributed by atoms with Crippen molar-refractivity contribution >= 4 is 11.7 Å². The van der Waals surface area contributed by atoms with Crippen molar-refractivity contribution in [2.75, 3.05) is 5.32 Å². The summed E-state index contributed by atoms with van der Waals surface area (Å²) in [4.78, 5) is 12.1. The highest BCUT2D eigenvalue weighted by molar-refractivity contribution is 5.95. The summed E-state index contributed by atoms with van der Waals surface area (Å²) in [5, 5.41) is 6.95. The first-order valence-electron chi connectivity index (χ1n) is 5.59. The van der Waals surface area contributed by atoms with Gasteiger partial charge in [-0.2, -0.15) is 5.10 Å². The minimum Gasteiger partial charge on any atom is -0.327 e. The molecule has 2 unspecified atom stereocenters. The van der Waals surface area contributed by atoms with Crippen molar-refractivity contribution in [1.82, 2.24) is 9.78 Å². The quantitative estimate of drug-likeness (QED) is 0.780. The number of aryl methyl sites for hydroxylation is 1. The summed E-state index contributed by atoms with van der Waals surface area (Å²) in [7, 11) is 1.82. The van der Waals surface area contributed by atoms with Gasteiger partial charge in [-0.3, -0.25) is 9.48 Å². The number of nitrogens with two attached hydrogens (primary N) is 1. The molecule has 1 fully saturated rings. The normalized spacial score (nSPS) is 29.3. The van der Waals surface area contributed by atoms with Crippen molar-refractivity contribution in [2.24, 2.45) is 18.2 Å². The highest BCUT2D eigenvalue weighted by Gasteiger charge is 2.43. The molecule has 5 nitrogen and oxygen atoms in total. The molecule has 1 aliphatic rings. The van der Waals surface area contributed by atoms with Gasteiger partial charge in [-0.05, 0) is 19.8 Å². The fourth-order valence-corrected chi connectivity index (χ4v) is 2.22. The molecule has 1 saturated carbocycles. The summed E-state index contributed by atoms with van der Waals surface area (Å²) in [6.07, 6.45) is 4.60. The lowest BCUT2D eigenvalue weighted by molar-refractivity contribution is -0.125. The van der Waals surface area contributed by atoms with Crippen molar-refractivity contribution in [3.8, 4) is 0 Å². The van der Waals surface area contributed by atoms with Crippen LogP contribution < -0.4 is 11.1 Å². The zero-order valence-electron chi connectivity index (χ0n) is 9.73. The van der Waals surface area contributed by atoms with E-state index >= 15 is 0 Å². The number of nitrogens with one attached hydrogen (secondary N) is 1. The van der Waals surface area contributed by atoms with E-state index in [-0.39, 0.29) is 11.9 Å². The van der Waals surface area contributed by atoms with Crippen LogP contribution in [0, 0.1) is 5.41 Å². The monoisotopic (exact) mass is 222 g/mol. The van der Waals surface area contributed by atoms with Crippen molar-refractivity contribution < 1.29 is 4.79 Å². The molecule has 1 aliphatic carbocycles. The Hall–Kier alpha value is -1.36. The smallest absolute Gasteiger partial charge is 0.233 e. The number of anilines is 1. The summed E-state index contributed by atoms with van der Waals surface area (Å²) in [5.41, 5.74) is 5.54. The van der Waals surface area contributed by atoms with Crippen LogP contribution in [0.2, 0.25) is 0 Å². The average molecular weight is 222 g/mol. The van der Waals surface area contributed by atoms with E-state index in [4.69, 9.17) is 5.73 Å². The van der Waals surface area contributed by atoms with E-state index in [9.17, 15) is 4.79 Å². The SMILES string of the molecule is Cn1ccc(NC(=O)C2(C)CCCC2N)n1. The van der Waals surface area contributed by atoms with Gasteiger partial charge in [0.2, 0.25) is 5.91 Å². The Morgan fingerprint density at radius 2 is 2.50 bits per heavy atom. The largest absolute Gasteiger partial charge is 0.327 e. The van der Waals surface area contributed by atoms with E-state index in [1.54, 1.807) is 16.9 Å². The highest BCUT2D eigenvalue weighted by atomic mass is 16.2. The van der Waals surface area contributed by atoms with Gasteiger partial charge in [0.25, 0.3) is 0 Å². The van der Waals surface area contributed by atoms with E-state index in [1.165, 1.54) is 0 Å². The molecule has 0 radical (unpaired) electrons. The van der Waals surface area contributed by atoms with Crippen LogP contribution in [0.3, 0.4) is 0 Å². The minimum absolute atomic E-state index is 0.0174. The lowest BCUT2D eigenvalue weighted by Gasteiger charge is -2.26. The number of aromatic nitrogens is 2. The van der Waals surface area contributed by atoms with Crippen molar-refractivity contribution in [2.45, 2.75) is 32.2 Å². The summed E-state index contributed by atoms with van der Waals surface area (Å²) in [5.74, 6) is 0.573. The maximum atomic E-state index is 12.1. The number of hydrogen-bond donors (Lipinski definition) is 2. The number of nitrogens with zero attached hydrogens (tertiary/aromatic N) is 2. The van der Waals surface area contributed by atoms with E-state index in [0.717, 1.165) is 19.3 Å². The van der Waals surface area contributed by atoms with Crippen LogP contribution >= 0.6 is 0 Å². The van der Waals surface area contributed by atoms with Gasteiger partial charge < -0.3 is 11.1 Å². The third-order valence-electron chi connectivity index (χ3n) is 3.50. The zero-order valence-corrected chi connectivity index (χ0v) is 9.73. The Labute approximate surface area is 95.0 Å². The average Bonchev–Trinajstić information content (AvgIpc) is 2.76. The zero-order chi connectivity index (χ0) is 11.8. The van der Waals surface area contributed by atoms with Gasteiger partial charge in [0.05, 0.1) is 5.41 Å². The lowest BCUT2D eigenvalue weighted by Crippen LogP contribution is -2.44.